The van der Waals surface area contributed by atoms with E-state index in [1.54, 1.807) is 12.1 Å². The normalized spacial score (nSPS) is 12.2. The molecule has 1 aromatic carbocycles. The van der Waals surface area contributed by atoms with Gasteiger partial charge < -0.3 is 5.32 Å². The van der Waals surface area contributed by atoms with Gasteiger partial charge in [0.05, 0.1) is 11.8 Å². The van der Waals surface area contributed by atoms with E-state index in [2.05, 4.69) is 12.2 Å². The standard InChI is InChI=1S/C13H17ClFNO/c1-2-3-11(14)9-16-13(17)8-10-4-6-12(15)7-5-10/h4-7,11H,2-3,8-9H2,1H3,(H,16,17). The Morgan fingerprint density at radius 3 is 2.65 bits per heavy atom. The summed E-state index contributed by atoms with van der Waals surface area (Å²) in [6.45, 7) is 2.53. The molecule has 0 heterocycles. The van der Waals surface area contributed by atoms with Crippen LogP contribution in [0.4, 0.5) is 4.39 Å². The summed E-state index contributed by atoms with van der Waals surface area (Å²) in [6, 6.07) is 5.92. The van der Waals surface area contributed by atoms with Gasteiger partial charge in [0.15, 0.2) is 0 Å². The second-order valence-electron chi connectivity index (χ2n) is 3.99. The maximum atomic E-state index is 12.6. The average molecular weight is 258 g/mol. The van der Waals surface area contributed by atoms with Gasteiger partial charge in [0.25, 0.3) is 0 Å². The average Bonchev–Trinajstić information content (AvgIpc) is 2.30. The fraction of sp³-hybridized carbons (Fsp3) is 0.462. The third-order valence-corrected chi connectivity index (χ3v) is 2.77. The summed E-state index contributed by atoms with van der Waals surface area (Å²) in [4.78, 5) is 11.5. The number of hydrogen-bond donors (Lipinski definition) is 1. The molecule has 17 heavy (non-hydrogen) atoms. The van der Waals surface area contributed by atoms with Crippen molar-refractivity contribution in [2.75, 3.05) is 6.54 Å². The lowest BCUT2D eigenvalue weighted by molar-refractivity contribution is -0.120. The highest BCUT2D eigenvalue weighted by Gasteiger charge is 2.07. The molecule has 0 aliphatic heterocycles. The van der Waals surface area contributed by atoms with Crippen LogP contribution in [0, 0.1) is 5.82 Å². The number of amides is 1. The Kier molecular flexibility index (Phi) is 5.98. The Morgan fingerprint density at radius 2 is 2.06 bits per heavy atom. The molecule has 94 valence electrons. The zero-order chi connectivity index (χ0) is 12.7. The first kappa shape index (κ1) is 14.0. The molecule has 1 aromatic rings. The fourth-order valence-electron chi connectivity index (χ4n) is 1.49. The first-order valence-corrected chi connectivity index (χ1v) is 6.20. The Labute approximate surface area is 106 Å². The van der Waals surface area contributed by atoms with Crippen molar-refractivity contribution in [1.29, 1.82) is 0 Å². The maximum absolute atomic E-state index is 12.6. The van der Waals surface area contributed by atoms with E-state index in [-0.39, 0.29) is 23.5 Å². The summed E-state index contributed by atoms with van der Waals surface area (Å²) in [5.74, 6) is -0.378. The lowest BCUT2D eigenvalue weighted by Crippen LogP contribution is -2.30. The van der Waals surface area contributed by atoms with Crippen molar-refractivity contribution in [2.45, 2.75) is 31.6 Å². The molecule has 1 amide bonds. The van der Waals surface area contributed by atoms with E-state index in [1.165, 1.54) is 12.1 Å². The van der Waals surface area contributed by atoms with Gasteiger partial charge in [-0.3, -0.25) is 4.79 Å². The van der Waals surface area contributed by atoms with Gasteiger partial charge in [-0.05, 0) is 24.1 Å². The Hall–Kier alpha value is -1.09. The molecule has 4 heteroatoms. The monoisotopic (exact) mass is 257 g/mol. The SMILES string of the molecule is CCCC(Cl)CNC(=O)Cc1ccc(F)cc1. The van der Waals surface area contributed by atoms with E-state index in [1.807, 2.05) is 0 Å². The Morgan fingerprint density at radius 1 is 1.41 bits per heavy atom. The lowest BCUT2D eigenvalue weighted by atomic mass is 10.1. The molecule has 1 rings (SSSR count). The summed E-state index contributed by atoms with van der Waals surface area (Å²) >= 11 is 5.98. The van der Waals surface area contributed by atoms with Crippen molar-refractivity contribution in [3.63, 3.8) is 0 Å². The Bertz CT molecular complexity index is 353. The summed E-state index contributed by atoms with van der Waals surface area (Å²) in [5.41, 5.74) is 0.797. The van der Waals surface area contributed by atoms with Crippen molar-refractivity contribution in [1.82, 2.24) is 5.32 Å². The van der Waals surface area contributed by atoms with Gasteiger partial charge in [-0.2, -0.15) is 0 Å². The molecular formula is C13H17ClFNO. The summed E-state index contributed by atoms with van der Waals surface area (Å²) < 4.78 is 12.6. The molecule has 0 aromatic heterocycles. The molecule has 0 aliphatic rings. The van der Waals surface area contributed by atoms with Gasteiger partial charge >= 0.3 is 0 Å². The van der Waals surface area contributed by atoms with E-state index in [9.17, 15) is 9.18 Å². The second kappa shape index (κ2) is 7.28. The topological polar surface area (TPSA) is 29.1 Å². The molecule has 0 fully saturated rings. The number of halogens is 2. The Balaban J connectivity index is 2.32. The van der Waals surface area contributed by atoms with E-state index in [0.29, 0.717) is 6.54 Å². The van der Waals surface area contributed by atoms with E-state index >= 15 is 0 Å². The van der Waals surface area contributed by atoms with Gasteiger partial charge in [-0.25, -0.2) is 4.39 Å². The van der Waals surface area contributed by atoms with Crippen LogP contribution >= 0.6 is 11.6 Å². The zero-order valence-electron chi connectivity index (χ0n) is 9.88. The number of carbonyl (C=O) groups excluding carboxylic acids is 1. The van der Waals surface area contributed by atoms with Gasteiger partial charge in [0.1, 0.15) is 5.82 Å². The third-order valence-electron chi connectivity index (χ3n) is 2.40. The van der Waals surface area contributed by atoms with Crippen LogP contribution in [0.3, 0.4) is 0 Å². The fourth-order valence-corrected chi connectivity index (χ4v) is 1.79. The highest BCUT2D eigenvalue weighted by Crippen LogP contribution is 2.05. The van der Waals surface area contributed by atoms with Crippen LogP contribution in [0.15, 0.2) is 24.3 Å². The molecule has 0 saturated carbocycles. The lowest BCUT2D eigenvalue weighted by Gasteiger charge is -2.09. The molecule has 1 unspecified atom stereocenters. The number of nitrogens with one attached hydrogen (secondary N) is 1. The predicted octanol–water partition coefficient (Wildman–Crippen LogP) is 2.89. The molecule has 0 radical (unpaired) electrons. The van der Waals surface area contributed by atoms with Gasteiger partial charge in [-0.15, -0.1) is 11.6 Å². The molecule has 2 nitrogen and oxygen atoms in total. The first-order chi connectivity index (χ1) is 8.11. The maximum Gasteiger partial charge on any atom is 0.224 e. The number of benzene rings is 1. The van der Waals surface area contributed by atoms with Crippen molar-refractivity contribution < 1.29 is 9.18 Å². The van der Waals surface area contributed by atoms with E-state index in [4.69, 9.17) is 11.6 Å². The van der Waals surface area contributed by atoms with E-state index in [0.717, 1.165) is 18.4 Å². The minimum absolute atomic E-state index is 0.0165. The van der Waals surface area contributed by atoms with Gasteiger partial charge in [0, 0.05) is 6.54 Å². The molecular weight excluding hydrogens is 241 g/mol. The molecule has 0 bridgehead atoms. The smallest absolute Gasteiger partial charge is 0.224 e. The number of alkyl halides is 1. The second-order valence-corrected chi connectivity index (χ2v) is 4.61. The van der Waals surface area contributed by atoms with E-state index < -0.39 is 0 Å². The summed E-state index contributed by atoms with van der Waals surface area (Å²) in [5, 5.41) is 2.75. The highest BCUT2D eigenvalue weighted by atomic mass is 35.5. The van der Waals surface area contributed by atoms with Crippen LogP contribution in [-0.4, -0.2) is 17.8 Å². The largest absolute Gasteiger partial charge is 0.354 e. The van der Waals surface area contributed by atoms with Crippen LogP contribution in [0.5, 0.6) is 0 Å². The van der Waals surface area contributed by atoms with Crippen LogP contribution in [-0.2, 0) is 11.2 Å². The number of hydrogen-bond acceptors (Lipinski definition) is 1. The zero-order valence-corrected chi connectivity index (χ0v) is 10.6. The minimum Gasteiger partial charge on any atom is -0.354 e. The summed E-state index contributed by atoms with van der Waals surface area (Å²) in [7, 11) is 0. The van der Waals surface area contributed by atoms with Crippen molar-refractivity contribution >= 4 is 17.5 Å². The van der Waals surface area contributed by atoms with Gasteiger partial charge in [-0.1, -0.05) is 25.5 Å². The molecule has 1 atom stereocenters. The van der Waals surface area contributed by atoms with Gasteiger partial charge in [0.2, 0.25) is 5.91 Å². The van der Waals surface area contributed by atoms with Crippen molar-refractivity contribution in [2.24, 2.45) is 0 Å². The first-order valence-electron chi connectivity index (χ1n) is 5.77. The highest BCUT2D eigenvalue weighted by molar-refractivity contribution is 6.20. The van der Waals surface area contributed by atoms with Crippen LogP contribution in [0.1, 0.15) is 25.3 Å². The number of rotatable bonds is 6. The van der Waals surface area contributed by atoms with Crippen LogP contribution < -0.4 is 5.32 Å². The van der Waals surface area contributed by atoms with Crippen LogP contribution in [0.25, 0.3) is 0 Å². The molecule has 0 spiro atoms. The number of carbonyl (C=O) groups is 1. The molecule has 0 aliphatic carbocycles. The van der Waals surface area contributed by atoms with Crippen molar-refractivity contribution in [3.8, 4) is 0 Å². The quantitative estimate of drug-likeness (QED) is 0.780. The van der Waals surface area contributed by atoms with Crippen molar-refractivity contribution in [3.05, 3.63) is 35.6 Å². The third kappa shape index (κ3) is 5.68. The molecule has 0 saturated heterocycles. The molecule has 1 N–H and O–H groups in total. The van der Waals surface area contributed by atoms with Crippen LogP contribution in [0.2, 0.25) is 0 Å². The predicted molar refractivity (Wildman–Crippen MR) is 67.7 cm³/mol. The minimum atomic E-state index is -0.294. The summed E-state index contributed by atoms with van der Waals surface area (Å²) in [6.07, 6.45) is 2.15.